The number of carboxylic acid groups (broad SMARTS) is 1. The molecule has 4 nitrogen and oxygen atoms in total. The Morgan fingerprint density at radius 2 is 2.08 bits per heavy atom. The van der Waals surface area contributed by atoms with Crippen LogP contribution in [0, 0.1) is 0 Å². The summed E-state index contributed by atoms with van der Waals surface area (Å²) in [5, 5.41) is 10.7. The van der Waals surface area contributed by atoms with Crippen LogP contribution in [-0.2, 0) is 4.74 Å². The highest BCUT2D eigenvalue weighted by Gasteiger charge is 2.11. The van der Waals surface area contributed by atoms with Gasteiger partial charge in [0.2, 0.25) is 0 Å². The Labute approximate surface area is 76.1 Å². The third kappa shape index (κ3) is 2.76. The number of hydrogen-bond donors (Lipinski definition) is 2. The van der Waals surface area contributed by atoms with E-state index in [-0.39, 0.29) is 0 Å². The topological polar surface area (TPSA) is 58.6 Å². The third-order valence-corrected chi connectivity index (χ3v) is 1.59. The highest BCUT2D eigenvalue weighted by atomic mass is 16.5. The van der Waals surface area contributed by atoms with Crippen molar-refractivity contribution in [1.82, 2.24) is 5.32 Å². The second kappa shape index (κ2) is 4.47. The Morgan fingerprint density at radius 1 is 1.46 bits per heavy atom. The number of nitrogens with one attached hydrogen (secondary N) is 1. The van der Waals surface area contributed by atoms with E-state index < -0.39 is 12.3 Å². The Bertz CT molecular complexity index is 273. The lowest BCUT2D eigenvalue weighted by Crippen LogP contribution is -2.27. The van der Waals surface area contributed by atoms with Crippen molar-refractivity contribution >= 4 is 6.09 Å². The molecule has 0 saturated heterocycles. The Balaban J connectivity index is 2.73. The van der Waals surface area contributed by atoms with Crippen molar-refractivity contribution in [3.63, 3.8) is 0 Å². The van der Waals surface area contributed by atoms with Gasteiger partial charge < -0.3 is 9.84 Å². The fourth-order valence-electron chi connectivity index (χ4n) is 1.02. The Hall–Kier alpha value is -1.55. The van der Waals surface area contributed by atoms with Gasteiger partial charge in [0.15, 0.2) is 6.23 Å². The summed E-state index contributed by atoms with van der Waals surface area (Å²) in [6.07, 6.45) is -1.70. The molecule has 13 heavy (non-hydrogen) atoms. The third-order valence-electron chi connectivity index (χ3n) is 1.59. The van der Waals surface area contributed by atoms with E-state index in [0.29, 0.717) is 0 Å². The maximum absolute atomic E-state index is 10.4. The number of amides is 1. The van der Waals surface area contributed by atoms with E-state index >= 15 is 0 Å². The van der Waals surface area contributed by atoms with Crippen LogP contribution in [0.15, 0.2) is 30.3 Å². The summed E-state index contributed by atoms with van der Waals surface area (Å²) in [7, 11) is 1.45. The average molecular weight is 181 g/mol. The number of methoxy groups -OCH3 is 1. The first kappa shape index (κ1) is 9.54. The van der Waals surface area contributed by atoms with Crippen molar-refractivity contribution in [3.8, 4) is 0 Å². The zero-order valence-electron chi connectivity index (χ0n) is 7.23. The lowest BCUT2D eigenvalue weighted by Gasteiger charge is -2.14. The molecule has 0 aliphatic carbocycles. The predicted molar refractivity (Wildman–Crippen MR) is 47.4 cm³/mol. The molecule has 0 fully saturated rings. The molecule has 1 atom stereocenters. The normalized spacial score (nSPS) is 12.1. The van der Waals surface area contributed by atoms with Gasteiger partial charge in [0.25, 0.3) is 0 Å². The van der Waals surface area contributed by atoms with Crippen molar-refractivity contribution in [2.45, 2.75) is 6.23 Å². The van der Waals surface area contributed by atoms with Crippen LogP contribution in [0.4, 0.5) is 4.79 Å². The van der Waals surface area contributed by atoms with Gasteiger partial charge in [0, 0.05) is 12.7 Å². The SMILES string of the molecule is COC(NC(=O)O)c1ccccc1. The summed E-state index contributed by atoms with van der Waals surface area (Å²) in [6.45, 7) is 0. The van der Waals surface area contributed by atoms with Crippen molar-refractivity contribution in [2.75, 3.05) is 7.11 Å². The summed E-state index contributed by atoms with van der Waals surface area (Å²) >= 11 is 0. The maximum atomic E-state index is 10.4. The second-order valence-electron chi connectivity index (χ2n) is 2.48. The van der Waals surface area contributed by atoms with Gasteiger partial charge in [-0.3, -0.25) is 5.32 Å². The maximum Gasteiger partial charge on any atom is 0.406 e. The van der Waals surface area contributed by atoms with Crippen LogP contribution in [-0.4, -0.2) is 18.3 Å². The fraction of sp³-hybridized carbons (Fsp3) is 0.222. The number of hydrogen-bond acceptors (Lipinski definition) is 2. The predicted octanol–water partition coefficient (Wildman–Crippen LogP) is 1.60. The summed E-state index contributed by atoms with van der Waals surface area (Å²) in [6, 6.07) is 9.10. The van der Waals surface area contributed by atoms with Crippen LogP contribution in [0.2, 0.25) is 0 Å². The van der Waals surface area contributed by atoms with E-state index in [1.54, 1.807) is 12.1 Å². The summed E-state index contributed by atoms with van der Waals surface area (Å²) in [5.41, 5.74) is 0.785. The minimum atomic E-state index is -1.10. The van der Waals surface area contributed by atoms with E-state index in [1.807, 2.05) is 18.2 Å². The molecule has 0 aliphatic heterocycles. The molecule has 70 valence electrons. The highest BCUT2D eigenvalue weighted by molar-refractivity contribution is 5.64. The van der Waals surface area contributed by atoms with Gasteiger partial charge in [-0.1, -0.05) is 30.3 Å². The lowest BCUT2D eigenvalue weighted by atomic mass is 10.2. The molecular formula is C9H11NO3. The number of carbonyl (C=O) groups is 1. The van der Waals surface area contributed by atoms with Gasteiger partial charge in [0.05, 0.1) is 0 Å². The van der Waals surface area contributed by atoms with E-state index in [0.717, 1.165) is 5.56 Å². The van der Waals surface area contributed by atoms with Gasteiger partial charge in [0.1, 0.15) is 0 Å². The Morgan fingerprint density at radius 3 is 2.54 bits per heavy atom. The van der Waals surface area contributed by atoms with E-state index in [1.165, 1.54) is 7.11 Å². The molecule has 1 rings (SSSR count). The molecule has 1 aromatic rings. The van der Waals surface area contributed by atoms with Crippen molar-refractivity contribution in [3.05, 3.63) is 35.9 Å². The summed E-state index contributed by atoms with van der Waals surface area (Å²) in [5.74, 6) is 0. The van der Waals surface area contributed by atoms with Crippen molar-refractivity contribution < 1.29 is 14.6 Å². The molecule has 4 heteroatoms. The van der Waals surface area contributed by atoms with Gasteiger partial charge in [-0.2, -0.15) is 0 Å². The zero-order chi connectivity index (χ0) is 9.68. The van der Waals surface area contributed by atoms with Gasteiger partial charge >= 0.3 is 6.09 Å². The monoisotopic (exact) mass is 181 g/mol. The molecule has 0 bridgehead atoms. The van der Waals surface area contributed by atoms with Gasteiger partial charge in [-0.15, -0.1) is 0 Å². The lowest BCUT2D eigenvalue weighted by molar-refractivity contribution is 0.0715. The van der Waals surface area contributed by atoms with E-state index in [9.17, 15) is 4.79 Å². The molecule has 1 aromatic carbocycles. The molecule has 0 radical (unpaired) electrons. The first-order valence-corrected chi connectivity index (χ1v) is 3.81. The molecule has 0 saturated carbocycles. The van der Waals surface area contributed by atoms with Crippen LogP contribution in [0.1, 0.15) is 11.8 Å². The van der Waals surface area contributed by atoms with Gasteiger partial charge in [-0.05, 0) is 0 Å². The largest absolute Gasteiger partial charge is 0.465 e. The summed E-state index contributed by atoms with van der Waals surface area (Å²) in [4.78, 5) is 10.4. The fourth-order valence-corrected chi connectivity index (χ4v) is 1.02. The molecular weight excluding hydrogens is 170 g/mol. The standard InChI is InChI=1S/C9H11NO3/c1-13-8(10-9(11)12)7-5-3-2-4-6-7/h2-6,8,10H,1H3,(H,11,12). The molecule has 0 heterocycles. The van der Waals surface area contributed by atoms with Crippen LogP contribution in [0.25, 0.3) is 0 Å². The molecule has 1 amide bonds. The average Bonchev–Trinajstić information content (AvgIpc) is 2.15. The van der Waals surface area contributed by atoms with Crippen molar-refractivity contribution in [1.29, 1.82) is 0 Å². The van der Waals surface area contributed by atoms with Crippen LogP contribution >= 0.6 is 0 Å². The minimum absolute atomic E-state index is 0.598. The highest BCUT2D eigenvalue weighted by Crippen LogP contribution is 2.11. The Kier molecular flexibility index (Phi) is 3.28. The number of ether oxygens (including phenoxy) is 1. The van der Waals surface area contributed by atoms with E-state index in [4.69, 9.17) is 9.84 Å². The number of rotatable bonds is 3. The zero-order valence-corrected chi connectivity index (χ0v) is 7.23. The van der Waals surface area contributed by atoms with Crippen LogP contribution < -0.4 is 5.32 Å². The first-order chi connectivity index (χ1) is 6.24. The van der Waals surface area contributed by atoms with Crippen LogP contribution in [0.3, 0.4) is 0 Å². The molecule has 0 spiro atoms. The summed E-state index contributed by atoms with van der Waals surface area (Å²) < 4.78 is 4.96. The quantitative estimate of drug-likeness (QED) is 0.696. The van der Waals surface area contributed by atoms with Crippen molar-refractivity contribution in [2.24, 2.45) is 0 Å². The van der Waals surface area contributed by atoms with E-state index in [2.05, 4.69) is 5.32 Å². The number of benzene rings is 1. The molecule has 1 unspecified atom stereocenters. The smallest absolute Gasteiger partial charge is 0.406 e. The first-order valence-electron chi connectivity index (χ1n) is 3.81. The van der Waals surface area contributed by atoms with Gasteiger partial charge in [-0.25, -0.2) is 4.79 Å². The molecule has 0 aliphatic rings. The van der Waals surface area contributed by atoms with Crippen LogP contribution in [0.5, 0.6) is 0 Å². The molecule has 2 N–H and O–H groups in total. The minimum Gasteiger partial charge on any atom is -0.465 e. The second-order valence-corrected chi connectivity index (χ2v) is 2.48. The molecule has 0 aromatic heterocycles.